The summed E-state index contributed by atoms with van der Waals surface area (Å²) in [6.07, 6.45) is -2.65. The zero-order chi connectivity index (χ0) is 27.5. The topological polar surface area (TPSA) is 128 Å². The maximum absolute atomic E-state index is 14.4. The summed E-state index contributed by atoms with van der Waals surface area (Å²) in [6.45, 7) is 3.01. The number of nitrogens with one attached hydrogen (secondary N) is 4. The van der Waals surface area contributed by atoms with Crippen LogP contribution in [0, 0.1) is 17.1 Å². The molecule has 0 spiro atoms. The minimum Gasteiger partial charge on any atom is -0.343 e. The van der Waals surface area contributed by atoms with Crippen molar-refractivity contribution in [3.8, 4) is 6.07 Å². The molecule has 4 N–H and O–H groups in total. The summed E-state index contributed by atoms with van der Waals surface area (Å²) in [5.41, 5.74) is 1.28. The van der Waals surface area contributed by atoms with Crippen LogP contribution >= 0.6 is 0 Å². The Bertz CT molecular complexity index is 1400. The fourth-order valence-electron chi connectivity index (χ4n) is 3.79. The summed E-state index contributed by atoms with van der Waals surface area (Å²) in [7, 11) is 0. The summed E-state index contributed by atoms with van der Waals surface area (Å²) < 4.78 is 52.4. The number of benzene rings is 1. The van der Waals surface area contributed by atoms with Gasteiger partial charge in [-0.2, -0.15) is 23.4 Å². The van der Waals surface area contributed by atoms with Crippen molar-refractivity contribution in [2.24, 2.45) is 0 Å². The molecular weight excluding hydrogens is 504 g/mol. The van der Waals surface area contributed by atoms with Gasteiger partial charge in [-0.25, -0.2) is 14.4 Å². The quantitative estimate of drug-likeness (QED) is 0.336. The number of amides is 1. The normalized spacial score (nSPS) is 13.3. The van der Waals surface area contributed by atoms with Crippen molar-refractivity contribution >= 4 is 29.2 Å². The van der Waals surface area contributed by atoms with Crippen LogP contribution in [0.4, 0.5) is 40.8 Å². The zero-order valence-electron chi connectivity index (χ0n) is 20.5. The van der Waals surface area contributed by atoms with Crippen LogP contribution < -0.4 is 21.3 Å². The smallest absolute Gasteiger partial charge is 0.343 e. The first-order chi connectivity index (χ1) is 17.9. The predicted molar refractivity (Wildman–Crippen MR) is 132 cm³/mol. The van der Waals surface area contributed by atoms with Crippen LogP contribution in [0.2, 0.25) is 0 Å². The number of carbonyl (C=O) groups is 1. The number of nitriles is 1. The second-order valence-corrected chi connectivity index (χ2v) is 9.18. The summed E-state index contributed by atoms with van der Waals surface area (Å²) in [5, 5.41) is 20.3. The molecule has 0 saturated carbocycles. The molecule has 0 aliphatic carbocycles. The first kappa shape index (κ1) is 26.7. The first-order valence-electron chi connectivity index (χ1n) is 11.6. The molecule has 9 nitrogen and oxygen atoms in total. The Labute approximate surface area is 215 Å². The van der Waals surface area contributed by atoms with Crippen LogP contribution in [-0.2, 0) is 18.4 Å². The fourth-order valence-corrected chi connectivity index (χ4v) is 3.79. The van der Waals surface area contributed by atoms with Crippen molar-refractivity contribution in [1.29, 1.82) is 5.26 Å². The average Bonchev–Trinajstić information content (AvgIpc) is 2.88. The molecule has 1 amide bonds. The van der Waals surface area contributed by atoms with Crippen molar-refractivity contribution < 1.29 is 22.4 Å². The third kappa shape index (κ3) is 6.33. The summed E-state index contributed by atoms with van der Waals surface area (Å²) in [6, 6.07) is 10.1. The molecule has 2 aromatic heterocycles. The third-order valence-corrected chi connectivity index (χ3v) is 5.80. The van der Waals surface area contributed by atoms with Gasteiger partial charge in [-0.15, -0.1) is 0 Å². The molecule has 198 valence electrons. The predicted octanol–water partition coefficient (Wildman–Crippen LogP) is 4.24. The molecule has 13 heteroatoms. The molecule has 0 atom stereocenters. The highest BCUT2D eigenvalue weighted by atomic mass is 19.4. The first-order valence-corrected chi connectivity index (χ1v) is 11.6. The van der Waals surface area contributed by atoms with E-state index in [9.17, 15) is 27.6 Å². The highest BCUT2D eigenvalue weighted by Gasteiger charge is 2.29. The van der Waals surface area contributed by atoms with E-state index in [1.807, 2.05) is 24.3 Å². The molecule has 0 unspecified atom stereocenters. The molecule has 3 aromatic rings. The van der Waals surface area contributed by atoms with Crippen LogP contribution in [0.1, 0.15) is 41.0 Å². The lowest BCUT2D eigenvalue weighted by molar-refractivity contribution is -0.123. The van der Waals surface area contributed by atoms with Crippen molar-refractivity contribution in [2.45, 2.75) is 38.4 Å². The van der Waals surface area contributed by atoms with E-state index in [0.717, 1.165) is 30.8 Å². The van der Waals surface area contributed by atoms with Crippen molar-refractivity contribution in [1.82, 2.24) is 25.6 Å². The average molecular weight is 529 g/mol. The molecule has 4 rings (SSSR count). The van der Waals surface area contributed by atoms with E-state index in [1.54, 1.807) is 5.32 Å². The molecule has 1 aromatic carbocycles. The van der Waals surface area contributed by atoms with E-state index in [2.05, 4.69) is 30.9 Å². The number of fused-ring (bicyclic) bond motifs is 1. The molecule has 0 saturated heterocycles. The van der Waals surface area contributed by atoms with Crippen LogP contribution in [0.15, 0.2) is 36.5 Å². The number of anilines is 4. The van der Waals surface area contributed by atoms with Gasteiger partial charge in [0, 0.05) is 18.4 Å². The van der Waals surface area contributed by atoms with Gasteiger partial charge in [0.05, 0.1) is 17.2 Å². The highest BCUT2D eigenvalue weighted by Crippen LogP contribution is 2.27. The van der Waals surface area contributed by atoms with Gasteiger partial charge in [0.1, 0.15) is 29.6 Å². The van der Waals surface area contributed by atoms with Gasteiger partial charge in [-0.05, 0) is 62.2 Å². The van der Waals surface area contributed by atoms with Gasteiger partial charge in [0.15, 0.2) is 0 Å². The van der Waals surface area contributed by atoms with Gasteiger partial charge < -0.3 is 21.3 Å². The van der Waals surface area contributed by atoms with Crippen LogP contribution in [-0.4, -0.2) is 40.1 Å². The van der Waals surface area contributed by atoms with Crippen molar-refractivity contribution in [3.05, 3.63) is 64.7 Å². The monoisotopic (exact) mass is 528 g/mol. The molecular formula is C25H24F4N8O. The third-order valence-electron chi connectivity index (χ3n) is 5.80. The van der Waals surface area contributed by atoms with E-state index in [4.69, 9.17) is 0 Å². The maximum atomic E-state index is 14.4. The van der Waals surface area contributed by atoms with Gasteiger partial charge in [0.25, 0.3) is 5.91 Å². The lowest BCUT2D eigenvalue weighted by Gasteiger charge is -2.19. The molecule has 0 fully saturated rings. The number of halogens is 4. The molecule has 0 bridgehead atoms. The SMILES string of the molecule is CC(C)(C#N)c1nc(Nc2nc(Nc3ccc4c(c3)CNCC4)ncc2C(=O)NCC(F)(F)F)ccc1F. The number of aromatic nitrogens is 3. The van der Waals surface area contributed by atoms with Crippen LogP contribution in [0.25, 0.3) is 0 Å². The van der Waals surface area contributed by atoms with Gasteiger partial charge in [0.2, 0.25) is 5.95 Å². The fraction of sp³-hybridized carbons (Fsp3) is 0.320. The Morgan fingerprint density at radius 3 is 2.66 bits per heavy atom. The van der Waals surface area contributed by atoms with Crippen molar-refractivity contribution in [3.63, 3.8) is 0 Å². The zero-order valence-corrected chi connectivity index (χ0v) is 20.5. The van der Waals surface area contributed by atoms with Gasteiger partial charge in [-0.3, -0.25) is 4.79 Å². The Balaban J connectivity index is 1.67. The summed E-state index contributed by atoms with van der Waals surface area (Å²) in [4.78, 5) is 25.1. The number of rotatable bonds is 7. The summed E-state index contributed by atoms with van der Waals surface area (Å²) in [5.74, 6) is -1.86. The van der Waals surface area contributed by atoms with Crippen LogP contribution in [0.5, 0.6) is 0 Å². The Hall–Kier alpha value is -4.31. The second kappa shape index (κ2) is 10.6. The minimum atomic E-state index is -4.62. The number of carbonyl (C=O) groups excluding carboxylic acids is 1. The molecule has 3 heterocycles. The molecule has 38 heavy (non-hydrogen) atoms. The van der Waals surface area contributed by atoms with E-state index in [0.29, 0.717) is 12.2 Å². The highest BCUT2D eigenvalue weighted by molar-refractivity contribution is 5.99. The number of nitrogens with zero attached hydrogens (tertiary/aromatic N) is 4. The van der Waals surface area contributed by atoms with Crippen molar-refractivity contribution in [2.75, 3.05) is 23.7 Å². The minimum absolute atomic E-state index is 0.0269. The number of hydrogen-bond donors (Lipinski definition) is 4. The van der Waals surface area contributed by atoms with Crippen LogP contribution in [0.3, 0.4) is 0 Å². The Morgan fingerprint density at radius 1 is 1.13 bits per heavy atom. The standard InChI is InChI=1S/C25H24F4N8O/c1-24(2,12-30)20-18(26)5-6-19(35-20)36-21-17(22(38)33-13-25(27,28)29)11-32-23(37-21)34-16-4-3-14-7-8-31-10-15(14)9-16/h3-6,9,11,31H,7-8,10,13H2,1-2H3,(H,33,38)(H2,32,34,35,36,37). The Kier molecular flexibility index (Phi) is 7.45. The number of hydrogen-bond acceptors (Lipinski definition) is 8. The number of alkyl halides is 3. The van der Waals surface area contributed by atoms with E-state index < -0.39 is 29.9 Å². The van der Waals surface area contributed by atoms with E-state index in [1.165, 1.54) is 25.5 Å². The molecule has 1 aliphatic rings. The lowest BCUT2D eigenvalue weighted by atomic mass is 9.90. The lowest BCUT2D eigenvalue weighted by Crippen LogP contribution is -2.34. The Morgan fingerprint density at radius 2 is 1.92 bits per heavy atom. The molecule has 1 aliphatic heterocycles. The largest absolute Gasteiger partial charge is 0.405 e. The van der Waals surface area contributed by atoms with Gasteiger partial charge >= 0.3 is 6.18 Å². The number of pyridine rings is 1. The second-order valence-electron chi connectivity index (χ2n) is 9.18. The van der Waals surface area contributed by atoms with E-state index >= 15 is 0 Å². The van der Waals surface area contributed by atoms with E-state index in [-0.39, 0.29) is 28.8 Å². The maximum Gasteiger partial charge on any atom is 0.405 e. The summed E-state index contributed by atoms with van der Waals surface area (Å²) >= 11 is 0. The van der Waals surface area contributed by atoms with Gasteiger partial charge in [-0.1, -0.05) is 6.07 Å². The molecule has 0 radical (unpaired) electrons.